The Bertz CT molecular complexity index is 911. The number of hydrogen-bond acceptors (Lipinski definition) is 4. The molecule has 1 aliphatic heterocycles. The Kier molecular flexibility index (Phi) is 9.49. The molecular weight excluding hydrogens is 433 g/mol. The minimum Gasteiger partial charge on any atom is -0.339 e. The third-order valence-corrected chi connectivity index (χ3v) is 5.80. The van der Waals surface area contributed by atoms with Gasteiger partial charge < -0.3 is 9.80 Å². The maximum atomic E-state index is 12.9. The van der Waals surface area contributed by atoms with Crippen LogP contribution in [0, 0.1) is 0 Å². The maximum Gasteiger partial charge on any atom is 0.253 e. The van der Waals surface area contributed by atoms with Gasteiger partial charge in [0.2, 0.25) is 0 Å². The van der Waals surface area contributed by atoms with E-state index in [9.17, 15) is 4.79 Å². The zero-order valence-electron chi connectivity index (χ0n) is 17.6. The minimum atomic E-state index is 0. The summed E-state index contributed by atoms with van der Waals surface area (Å²) in [5, 5.41) is 7.63. The van der Waals surface area contributed by atoms with E-state index in [0.717, 1.165) is 50.1 Å². The summed E-state index contributed by atoms with van der Waals surface area (Å²) in [5.41, 5.74) is 3.06. The highest BCUT2D eigenvalue weighted by Gasteiger charge is 2.25. The standard InChI is InChI=1S/C23H27N5O.2ClH/c1-26(14-11-19-5-3-2-4-6-19)21-12-15-27(16-13-21)23(29)20-7-9-22(10-8-20)28-17-24-25-18-28;;/h2-10,17-18,21H,11-16H2,1H3;2*1H. The second-order valence-electron chi connectivity index (χ2n) is 7.66. The molecule has 2 aromatic carbocycles. The average Bonchev–Trinajstić information content (AvgIpc) is 3.33. The Morgan fingerprint density at radius 1 is 0.968 bits per heavy atom. The van der Waals surface area contributed by atoms with Gasteiger partial charge in [-0.15, -0.1) is 35.0 Å². The number of hydrogen-bond donors (Lipinski definition) is 0. The van der Waals surface area contributed by atoms with Crippen molar-refractivity contribution in [2.45, 2.75) is 25.3 Å². The van der Waals surface area contributed by atoms with Crippen molar-refractivity contribution in [2.75, 3.05) is 26.7 Å². The molecule has 0 radical (unpaired) electrons. The number of aromatic nitrogens is 3. The van der Waals surface area contributed by atoms with Gasteiger partial charge in [0.25, 0.3) is 5.91 Å². The molecule has 0 aliphatic carbocycles. The first kappa shape index (κ1) is 24.9. The molecule has 0 spiro atoms. The van der Waals surface area contributed by atoms with Crippen molar-refractivity contribution < 1.29 is 4.79 Å². The van der Waals surface area contributed by atoms with Crippen LogP contribution in [-0.4, -0.2) is 63.2 Å². The van der Waals surface area contributed by atoms with E-state index in [1.54, 1.807) is 12.7 Å². The van der Waals surface area contributed by atoms with Gasteiger partial charge in [-0.05, 0) is 56.1 Å². The lowest BCUT2D eigenvalue weighted by molar-refractivity contribution is 0.0647. The summed E-state index contributed by atoms with van der Waals surface area (Å²) in [6.07, 6.45) is 6.41. The summed E-state index contributed by atoms with van der Waals surface area (Å²) >= 11 is 0. The molecule has 0 unspecified atom stereocenters. The normalized spacial score (nSPS) is 14.1. The number of likely N-dealkylation sites (N-methyl/N-ethyl adjacent to an activating group) is 1. The van der Waals surface area contributed by atoms with Crippen LogP contribution in [0.2, 0.25) is 0 Å². The number of benzene rings is 2. The quantitative estimate of drug-likeness (QED) is 0.558. The Labute approximate surface area is 196 Å². The minimum absolute atomic E-state index is 0. The van der Waals surface area contributed by atoms with E-state index in [2.05, 4.69) is 52.5 Å². The van der Waals surface area contributed by atoms with E-state index in [1.165, 1.54) is 5.56 Å². The summed E-state index contributed by atoms with van der Waals surface area (Å²) in [5.74, 6) is 0.116. The number of amides is 1. The topological polar surface area (TPSA) is 54.3 Å². The van der Waals surface area contributed by atoms with E-state index in [1.807, 2.05) is 33.7 Å². The third-order valence-electron chi connectivity index (χ3n) is 5.80. The van der Waals surface area contributed by atoms with Crippen molar-refractivity contribution in [3.8, 4) is 5.69 Å². The van der Waals surface area contributed by atoms with Crippen molar-refractivity contribution in [1.82, 2.24) is 24.6 Å². The predicted octanol–water partition coefficient (Wildman–Crippen LogP) is 3.89. The lowest BCUT2D eigenvalue weighted by Crippen LogP contribution is -2.46. The van der Waals surface area contributed by atoms with Gasteiger partial charge in [0.15, 0.2) is 0 Å². The molecule has 1 aromatic heterocycles. The number of piperidine rings is 1. The Morgan fingerprint density at radius 2 is 1.58 bits per heavy atom. The molecule has 0 N–H and O–H groups in total. The second kappa shape index (κ2) is 11.8. The van der Waals surface area contributed by atoms with Gasteiger partial charge in [-0.25, -0.2) is 0 Å². The molecule has 1 amide bonds. The molecule has 1 saturated heterocycles. The molecule has 31 heavy (non-hydrogen) atoms. The number of carbonyl (C=O) groups excluding carboxylic acids is 1. The lowest BCUT2D eigenvalue weighted by atomic mass is 10.0. The smallest absolute Gasteiger partial charge is 0.253 e. The molecule has 4 rings (SSSR count). The number of likely N-dealkylation sites (tertiary alicyclic amines) is 1. The molecule has 8 heteroatoms. The van der Waals surface area contributed by atoms with E-state index >= 15 is 0 Å². The molecule has 3 aromatic rings. The van der Waals surface area contributed by atoms with Crippen LogP contribution in [0.3, 0.4) is 0 Å². The van der Waals surface area contributed by atoms with Gasteiger partial charge in [0.1, 0.15) is 12.7 Å². The molecule has 1 aliphatic rings. The SMILES string of the molecule is CN(CCc1ccccc1)C1CCN(C(=O)c2ccc(-n3cnnc3)cc2)CC1.Cl.Cl. The molecule has 0 saturated carbocycles. The Hall–Kier alpha value is -2.41. The fraction of sp³-hybridized carbons (Fsp3) is 0.348. The fourth-order valence-corrected chi connectivity index (χ4v) is 3.94. The summed E-state index contributed by atoms with van der Waals surface area (Å²) in [6.45, 7) is 2.67. The zero-order chi connectivity index (χ0) is 20.1. The molecule has 1 fully saturated rings. The lowest BCUT2D eigenvalue weighted by Gasteiger charge is -2.37. The van der Waals surface area contributed by atoms with Crippen molar-refractivity contribution in [2.24, 2.45) is 0 Å². The average molecular weight is 462 g/mol. The second-order valence-corrected chi connectivity index (χ2v) is 7.66. The molecule has 6 nitrogen and oxygen atoms in total. The number of rotatable bonds is 6. The van der Waals surface area contributed by atoms with Crippen LogP contribution in [0.1, 0.15) is 28.8 Å². The summed E-state index contributed by atoms with van der Waals surface area (Å²) in [6, 6.07) is 18.8. The Morgan fingerprint density at radius 3 is 2.19 bits per heavy atom. The number of carbonyl (C=O) groups is 1. The molecule has 0 atom stereocenters. The highest BCUT2D eigenvalue weighted by molar-refractivity contribution is 5.94. The zero-order valence-corrected chi connectivity index (χ0v) is 19.3. The first-order valence-electron chi connectivity index (χ1n) is 10.2. The van der Waals surface area contributed by atoms with Crippen LogP contribution < -0.4 is 0 Å². The van der Waals surface area contributed by atoms with E-state index in [0.29, 0.717) is 6.04 Å². The molecular formula is C23H29Cl2N5O. The van der Waals surface area contributed by atoms with Crippen LogP contribution in [0.25, 0.3) is 5.69 Å². The van der Waals surface area contributed by atoms with Crippen molar-refractivity contribution in [1.29, 1.82) is 0 Å². The van der Waals surface area contributed by atoms with Gasteiger partial charge in [-0.3, -0.25) is 9.36 Å². The largest absolute Gasteiger partial charge is 0.339 e. The van der Waals surface area contributed by atoms with Gasteiger partial charge in [-0.1, -0.05) is 30.3 Å². The van der Waals surface area contributed by atoms with Crippen molar-refractivity contribution >= 4 is 30.7 Å². The molecule has 0 bridgehead atoms. The van der Waals surface area contributed by atoms with Crippen LogP contribution in [0.4, 0.5) is 0 Å². The van der Waals surface area contributed by atoms with Gasteiger partial charge in [0, 0.05) is 36.9 Å². The highest BCUT2D eigenvalue weighted by atomic mass is 35.5. The van der Waals surface area contributed by atoms with E-state index in [4.69, 9.17) is 0 Å². The predicted molar refractivity (Wildman–Crippen MR) is 128 cm³/mol. The third kappa shape index (κ3) is 6.29. The molecule has 2 heterocycles. The van der Waals surface area contributed by atoms with Crippen LogP contribution in [-0.2, 0) is 6.42 Å². The van der Waals surface area contributed by atoms with Crippen LogP contribution >= 0.6 is 24.8 Å². The van der Waals surface area contributed by atoms with Gasteiger partial charge in [-0.2, -0.15) is 0 Å². The fourth-order valence-electron chi connectivity index (χ4n) is 3.94. The van der Waals surface area contributed by atoms with Crippen LogP contribution in [0.5, 0.6) is 0 Å². The van der Waals surface area contributed by atoms with E-state index in [-0.39, 0.29) is 30.7 Å². The highest BCUT2D eigenvalue weighted by Crippen LogP contribution is 2.19. The Balaban J connectivity index is 0.00000171. The molecule has 166 valence electrons. The van der Waals surface area contributed by atoms with Crippen molar-refractivity contribution in [3.05, 3.63) is 78.4 Å². The first-order valence-corrected chi connectivity index (χ1v) is 10.2. The van der Waals surface area contributed by atoms with Crippen molar-refractivity contribution in [3.63, 3.8) is 0 Å². The summed E-state index contributed by atoms with van der Waals surface area (Å²) in [7, 11) is 2.20. The maximum absolute atomic E-state index is 12.9. The summed E-state index contributed by atoms with van der Waals surface area (Å²) < 4.78 is 1.82. The van der Waals surface area contributed by atoms with Gasteiger partial charge in [0.05, 0.1) is 0 Å². The van der Waals surface area contributed by atoms with Crippen LogP contribution in [0.15, 0.2) is 67.3 Å². The van der Waals surface area contributed by atoms with E-state index < -0.39 is 0 Å². The first-order chi connectivity index (χ1) is 14.2. The number of nitrogens with zero attached hydrogens (tertiary/aromatic N) is 5. The monoisotopic (exact) mass is 461 g/mol. The summed E-state index contributed by atoms with van der Waals surface area (Å²) in [4.78, 5) is 17.3. The number of halogens is 2. The van der Waals surface area contributed by atoms with Gasteiger partial charge >= 0.3 is 0 Å².